The molecule has 0 aliphatic carbocycles. The zero-order valence-electron chi connectivity index (χ0n) is 11.1. The van der Waals surface area contributed by atoms with E-state index in [2.05, 4.69) is 26.1 Å². The number of rotatable bonds is 5. The van der Waals surface area contributed by atoms with Gasteiger partial charge in [0.25, 0.3) is 0 Å². The minimum atomic E-state index is -0.114. The van der Waals surface area contributed by atoms with Gasteiger partial charge in [-0.05, 0) is 29.4 Å². The van der Waals surface area contributed by atoms with Gasteiger partial charge in [0, 0.05) is 23.6 Å². The van der Waals surface area contributed by atoms with Gasteiger partial charge in [-0.15, -0.1) is 11.3 Å². The molecule has 3 nitrogen and oxygen atoms in total. The van der Waals surface area contributed by atoms with Gasteiger partial charge in [-0.1, -0.05) is 26.8 Å². The van der Waals surface area contributed by atoms with Crippen molar-refractivity contribution >= 4 is 23.3 Å². The summed E-state index contributed by atoms with van der Waals surface area (Å²) in [5, 5.41) is 13.9. The van der Waals surface area contributed by atoms with Gasteiger partial charge in [0.15, 0.2) is 0 Å². The maximum absolute atomic E-state index is 11.8. The zero-order valence-corrected chi connectivity index (χ0v) is 12.0. The number of thiophene rings is 1. The van der Waals surface area contributed by atoms with Crippen molar-refractivity contribution in [1.29, 1.82) is 0 Å². The Morgan fingerprint density at radius 1 is 1.56 bits per heavy atom. The highest BCUT2D eigenvalue weighted by Gasteiger charge is 2.24. The van der Waals surface area contributed by atoms with Gasteiger partial charge in [0.2, 0.25) is 5.91 Å². The molecule has 0 fully saturated rings. The van der Waals surface area contributed by atoms with Crippen LogP contribution in [0.15, 0.2) is 23.6 Å². The summed E-state index contributed by atoms with van der Waals surface area (Å²) in [6.07, 6.45) is 3.92. The third-order valence-electron chi connectivity index (χ3n) is 2.72. The molecule has 1 unspecified atom stereocenters. The van der Waals surface area contributed by atoms with Gasteiger partial charge in [0.05, 0.1) is 0 Å². The molecule has 1 aromatic rings. The first-order valence-electron chi connectivity index (χ1n) is 6.06. The second kappa shape index (κ2) is 6.71. The van der Waals surface area contributed by atoms with Crippen LogP contribution in [0.3, 0.4) is 0 Å². The van der Waals surface area contributed by atoms with Crippen LogP contribution in [0.2, 0.25) is 0 Å². The van der Waals surface area contributed by atoms with Gasteiger partial charge in [-0.3, -0.25) is 4.79 Å². The van der Waals surface area contributed by atoms with Crippen LogP contribution in [-0.2, 0) is 4.79 Å². The monoisotopic (exact) mass is 267 g/mol. The van der Waals surface area contributed by atoms with E-state index in [0.717, 1.165) is 4.88 Å². The van der Waals surface area contributed by atoms with E-state index in [-0.39, 0.29) is 24.0 Å². The Morgan fingerprint density at radius 3 is 2.78 bits per heavy atom. The van der Waals surface area contributed by atoms with Crippen LogP contribution in [0.4, 0.5) is 0 Å². The molecule has 1 atom stereocenters. The summed E-state index contributed by atoms with van der Waals surface area (Å²) in [5.74, 6) is -0.114. The van der Waals surface area contributed by atoms with E-state index >= 15 is 0 Å². The summed E-state index contributed by atoms with van der Waals surface area (Å²) < 4.78 is 0. The lowest BCUT2D eigenvalue weighted by Crippen LogP contribution is -2.43. The summed E-state index contributed by atoms with van der Waals surface area (Å²) in [7, 11) is 0. The van der Waals surface area contributed by atoms with E-state index in [0.29, 0.717) is 6.42 Å². The Morgan fingerprint density at radius 2 is 2.28 bits per heavy atom. The maximum Gasteiger partial charge on any atom is 0.244 e. The van der Waals surface area contributed by atoms with E-state index in [1.165, 1.54) is 0 Å². The summed E-state index contributed by atoms with van der Waals surface area (Å²) in [6, 6.07) is 3.89. The number of hydrogen-bond donors (Lipinski definition) is 2. The molecule has 1 amide bonds. The van der Waals surface area contributed by atoms with Gasteiger partial charge < -0.3 is 10.4 Å². The van der Waals surface area contributed by atoms with Crippen molar-refractivity contribution in [3.05, 3.63) is 28.5 Å². The zero-order chi connectivity index (χ0) is 13.6. The number of aliphatic hydroxyl groups excluding tert-OH is 1. The molecule has 1 aromatic heterocycles. The highest BCUT2D eigenvalue weighted by molar-refractivity contribution is 7.10. The molecular formula is C14H21NO2S. The van der Waals surface area contributed by atoms with Crippen molar-refractivity contribution in [2.75, 3.05) is 6.61 Å². The van der Waals surface area contributed by atoms with E-state index in [1.54, 1.807) is 23.5 Å². The first kappa shape index (κ1) is 14.9. The van der Waals surface area contributed by atoms with Crippen LogP contribution in [0.5, 0.6) is 0 Å². The molecule has 1 heterocycles. The Bertz CT molecular complexity index is 390. The molecule has 4 heteroatoms. The van der Waals surface area contributed by atoms with Crippen LogP contribution in [0, 0.1) is 5.41 Å². The van der Waals surface area contributed by atoms with Crippen molar-refractivity contribution in [3.8, 4) is 0 Å². The molecule has 0 saturated heterocycles. The summed E-state index contributed by atoms with van der Waals surface area (Å²) in [5.41, 5.74) is -0.0604. The lowest BCUT2D eigenvalue weighted by molar-refractivity contribution is -0.118. The molecule has 100 valence electrons. The van der Waals surface area contributed by atoms with Crippen molar-refractivity contribution in [2.45, 2.75) is 33.2 Å². The lowest BCUT2D eigenvalue weighted by Gasteiger charge is -2.30. The van der Waals surface area contributed by atoms with Crippen LogP contribution >= 0.6 is 11.3 Å². The number of carbonyl (C=O) groups excluding carboxylic acids is 1. The summed E-state index contributed by atoms with van der Waals surface area (Å²) in [6.45, 7) is 6.24. The Hall–Kier alpha value is -1.13. The minimum absolute atomic E-state index is 0.0250. The first-order valence-corrected chi connectivity index (χ1v) is 6.94. The van der Waals surface area contributed by atoms with E-state index in [9.17, 15) is 4.79 Å². The summed E-state index contributed by atoms with van der Waals surface area (Å²) in [4.78, 5) is 12.9. The van der Waals surface area contributed by atoms with E-state index in [1.807, 2.05) is 17.5 Å². The molecule has 0 aliphatic heterocycles. The second-order valence-corrected chi connectivity index (χ2v) is 6.27. The fraction of sp³-hybridized carbons (Fsp3) is 0.500. The normalized spacial score (nSPS) is 13.8. The quantitative estimate of drug-likeness (QED) is 0.806. The van der Waals surface area contributed by atoms with Gasteiger partial charge >= 0.3 is 0 Å². The predicted octanol–water partition coefficient (Wildman–Crippen LogP) is 2.67. The van der Waals surface area contributed by atoms with Crippen LogP contribution in [0.25, 0.3) is 6.08 Å². The molecule has 0 aromatic carbocycles. The number of hydrogen-bond acceptors (Lipinski definition) is 3. The highest BCUT2D eigenvalue weighted by Crippen LogP contribution is 2.21. The van der Waals surface area contributed by atoms with Gasteiger partial charge in [-0.2, -0.15) is 0 Å². The molecule has 0 spiro atoms. The van der Waals surface area contributed by atoms with Gasteiger partial charge in [0.1, 0.15) is 0 Å². The second-order valence-electron chi connectivity index (χ2n) is 5.29. The minimum Gasteiger partial charge on any atom is -0.396 e. The van der Waals surface area contributed by atoms with Crippen molar-refractivity contribution in [3.63, 3.8) is 0 Å². The molecule has 1 rings (SSSR count). The Labute approximate surface area is 113 Å². The molecule has 18 heavy (non-hydrogen) atoms. The maximum atomic E-state index is 11.8. The molecular weight excluding hydrogens is 246 g/mol. The number of carbonyl (C=O) groups is 1. The van der Waals surface area contributed by atoms with Crippen molar-refractivity contribution in [2.24, 2.45) is 5.41 Å². The van der Waals surface area contributed by atoms with Gasteiger partial charge in [-0.25, -0.2) is 0 Å². The Balaban J connectivity index is 2.56. The number of nitrogens with one attached hydrogen (secondary N) is 1. The largest absolute Gasteiger partial charge is 0.396 e. The van der Waals surface area contributed by atoms with E-state index < -0.39 is 0 Å². The highest BCUT2D eigenvalue weighted by atomic mass is 32.1. The third kappa shape index (κ3) is 5.02. The van der Waals surface area contributed by atoms with Crippen LogP contribution in [0.1, 0.15) is 32.1 Å². The fourth-order valence-corrected chi connectivity index (χ4v) is 2.23. The molecule has 0 bridgehead atoms. The average Bonchev–Trinajstić information content (AvgIpc) is 2.77. The third-order valence-corrected chi connectivity index (χ3v) is 3.56. The van der Waals surface area contributed by atoms with Crippen LogP contribution in [-0.4, -0.2) is 23.7 Å². The Kier molecular flexibility index (Phi) is 5.56. The van der Waals surface area contributed by atoms with E-state index in [4.69, 9.17) is 5.11 Å². The molecule has 0 radical (unpaired) electrons. The SMILES string of the molecule is CC(C)(C)C(CCO)NC(=O)/C=C/c1cccs1. The molecule has 2 N–H and O–H groups in total. The van der Waals surface area contributed by atoms with Crippen molar-refractivity contribution in [1.82, 2.24) is 5.32 Å². The fourth-order valence-electron chi connectivity index (χ4n) is 1.61. The number of amides is 1. The first-order chi connectivity index (χ1) is 8.43. The lowest BCUT2D eigenvalue weighted by atomic mass is 9.85. The smallest absolute Gasteiger partial charge is 0.244 e. The predicted molar refractivity (Wildman–Crippen MR) is 76.4 cm³/mol. The molecule has 0 aliphatic rings. The van der Waals surface area contributed by atoms with Crippen LogP contribution < -0.4 is 5.32 Å². The average molecular weight is 267 g/mol. The number of aliphatic hydroxyl groups is 1. The van der Waals surface area contributed by atoms with Crippen molar-refractivity contribution < 1.29 is 9.90 Å². The standard InChI is InChI=1S/C14H21NO2S/c1-14(2,3)12(8-9-16)15-13(17)7-6-11-5-4-10-18-11/h4-7,10,12,16H,8-9H2,1-3H3,(H,15,17)/b7-6+. The molecule has 0 saturated carbocycles. The summed E-state index contributed by atoms with van der Waals surface area (Å²) >= 11 is 1.59. The topological polar surface area (TPSA) is 49.3 Å².